The number of methoxy groups -OCH3 is 1. The molecule has 1 aromatic heterocycles. The molecule has 0 fully saturated rings. The van der Waals surface area contributed by atoms with Crippen LogP contribution in [-0.4, -0.2) is 25.0 Å². The van der Waals surface area contributed by atoms with Crippen LogP contribution in [0.15, 0.2) is 41.0 Å². The molecule has 0 amide bonds. The summed E-state index contributed by atoms with van der Waals surface area (Å²) in [5.41, 5.74) is 1.76. The van der Waals surface area contributed by atoms with Crippen LogP contribution in [0, 0.1) is 5.82 Å². The van der Waals surface area contributed by atoms with Crippen LogP contribution in [0.3, 0.4) is 0 Å². The van der Waals surface area contributed by atoms with E-state index in [2.05, 4.69) is 4.74 Å². The molecule has 2 rings (SSSR count). The van der Waals surface area contributed by atoms with Gasteiger partial charge >= 0.3 is 5.97 Å². The molecule has 21 heavy (non-hydrogen) atoms. The van der Waals surface area contributed by atoms with Gasteiger partial charge in [0.15, 0.2) is 0 Å². The normalized spacial score (nSPS) is 12.4. The third-order valence-electron chi connectivity index (χ3n) is 3.55. The second kappa shape index (κ2) is 6.54. The molecule has 0 saturated heterocycles. The number of ether oxygens (including phenoxy) is 1. The van der Waals surface area contributed by atoms with Gasteiger partial charge in [-0.2, -0.15) is 0 Å². The molecule has 5 heteroatoms. The Labute approximate surface area is 123 Å². The van der Waals surface area contributed by atoms with E-state index in [0.717, 1.165) is 11.1 Å². The van der Waals surface area contributed by atoms with Crippen molar-refractivity contribution in [3.05, 3.63) is 59.3 Å². The average molecular weight is 291 g/mol. The second-order valence-corrected chi connectivity index (χ2v) is 4.91. The number of rotatable bonds is 5. The molecule has 112 valence electrons. The van der Waals surface area contributed by atoms with Crippen molar-refractivity contribution in [1.29, 1.82) is 0 Å². The van der Waals surface area contributed by atoms with Crippen LogP contribution in [-0.2, 0) is 11.3 Å². The standard InChI is InChI=1S/C16H18FNO3/c1-11(12-4-6-14(17)7-5-12)18(2)10-13-8-9-21-15(13)16(19)20-3/h4-9,11H,10H2,1-3H3. The Kier molecular flexibility index (Phi) is 4.75. The summed E-state index contributed by atoms with van der Waals surface area (Å²) in [6, 6.07) is 8.22. The van der Waals surface area contributed by atoms with Crippen molar-refractivity contribution in [1.82, 2.24) is 4.90 Å². The molecule has 1 heterocycles. The van der Waals surface area contributed by atoms with Crippen LogP contribution in [0.4, 0.5) is 4.39 Å². The fraction of sp³-hybridized carbons (Fsp3) is 0.312. The number of nitrogens with zero attached hydrogens (tertiary/aromatic N) is 1. The summed E-state index contributed by atoms with van der Waals surface area (Å²) in [6.07, 6.45) is 1.47. The maximum Gasteiger partial charge on any atom is 0.374 e. The van der Waals surface area contributed by atoms with E-state index in [1.165, 1.54) is 25.5 Å². The molecule has 0 bridgehead atoms. The van der Waals surface area contributed by atoms with Gasteiger partial charge in [-0.25, -0.2) is 9.18 Å². The van der Waals surface area contributed by atoms with Crippen LogP contribution in [0.25, 0.3) is 0 Å². The third kappa shape index (κ3) is 3.49. The number of benzene rings is 1. The fourth-order valence-electron chi connectivity index (χ4n) is 2.13. The predicted octanol–water partition coefficient (Wildman–Crippen LogP) is 3.40. The quantitative estimate of drug-likeness (QED) is 0.792. The van der Waals surface area contributed by atoms with Crippen molar-refractivity contribution >= 4 is 5.97 Å². The van der Waals surface area contributed by atoms with Gasteiger partial charge in [-0.3, -0.25) is 4.90 Å². The first-order valence-electron chi connectivity index (χ1n) is 6.63. The van der Waals surface area contributed by atoms with Crippen molar-refractivity contribution in [3.8, 4) is 0 Å². The van der Waals surface area contributed by atoms with Crippen molar-refractivity contribution in [2.45, 2.75) is 19.5 Å². The van der Waals surface area contributed by atoms with Gasteiger partial charge in [0.25, 0.3) is 0 Å². The van der Waals surface area contributed by atoms with E-state index in [0.29, 0.717) is 6.54 Å². The minimum Gasteiger partial charge on any atom is -0.463 e. The van der Waals surface area contributed by atoms with Gasteiger partial charge in [-0.15, -0.1) is 0 Å². The summed E-state index contributed by atoms with van der Waals surface area (Å²) in [5.74, 6) is -0.523. The van der Waals surface area contributed by atoms with E-state index in [1.54, 1.807) is 18.2 Å². The van der Waals surface area contributed by atoms with Crippen molar-refractivity contribution in [3.63, 3.8) is 0 Å². The van der Waals surface area contributed by atoms with E-state index in [4.69, 9.17) is 4.42 Å². The SMILES string of the molecule is COC(=O)c1occc1CN(C)C(C)c1ccc(F)cc1. The lowest BCUT2D eigenvalue weighted by Gasteiger charge is -2.24. The lowest BCUT2D eigenvalue weighted by Crippen LogP contribution is -2.22. The van der Waals surface area contributed by atoms with Crippen molar-refractivity contribution in [2.75, 3.05) is 14.2 Å². The zero-order valence-electron chi connectivity index (χ0n) is 12.3. The van der Waals surface area contributed by atoms with Gasteiger partial charge < -0.3 is 9.15 Å². The second-order valence-electron chi connectivity index (χ2n) is 4.91. The molecule has 4 nitrogen and oxygen atoms in total. The van der Waals surface area contributed by atoms with Gasteiger partial charge in [0.2, 0.25) is 5.76 Å². The fourth-order valence-corrected chi connectivity index (χ4v) is 2.13. The van der Waals surface area contributed by atoms with Crippen LogP contribution < -0.4 is 0 Å². The molecule has 1 unspecified atom stereocenters. The highest BCUT2D eigenvalue weighted by Crippen LogP contribution is 2.22. The van der Waals surface area contributed by atoms with E-state index in [1.807, 2.05) is 18.9 Å². The van der Waals surface area contributed by atoms with Crippen molar-refractivity contribution < 1.29 is 18.3 Å². The Balaban J connectivity index is 2.10. The molecule has 0 spiro atoms. The highest BCUT2D eigenvalue weighted by Gasteiger charge is 2.19. The molecule has 1 aromatic carbocycles. The summed E-state index contributed by atoms with van der Waals surface area (Å²) in [6.45, 7) is 2.55. The lowest BCUT2D eigenvalue weighted by molar-refractivity contribution is 0.0561. The zero-order valence-corrected chi connectivity index (χ0v) is 12.3. The van der Waals surface area contributed by atoms with Crippen LogP contribution in [0.2, 0.25) is 0 Å². The Morgan fingerprint density at radius 3 is 2.62 bits per heavy atom. The van der Waals surface area contributed by atoms with Gasteiger partial charge in [0.05, 0.1) is 13.4 Å². The molecular weight excluding hydrogens is 273 g/mol. The maximum absolute atomic E-state index is 13.0. The first-order chi connectivity index (χ1) is 10.0. The molecule has 1 atom stereocenters. The van der Waals surface area contributed by atoms with Gasteiger partial charge in [0.1, 0.15) is 5.82 Å². The molecule has 0 aliphatic heterocycles. The van der Waals surface area contributed by atoms with E-state index >= 15 is 0 Å². The predicted molar refractivity (Wildman–Crippen MR) is 76.3 cm³/mol. The van der Waals surface area contributed by atoms with Crippen LogP contribution >= 0.6 is 0 Å². The number of carbonyl (C=O) groups excluding carboxylic acids is 1. The largest absolute Gasteiger partial charge is 0.463 e. The Bertz CT molecular complexity index is 606. The maximum atomic E-state index is 13.0. The zero-order chi connectivity index (χ0) is 15.4. The first kappa shape index (κ1) is 15.3. The van der Waals surface area contributed by atoms with Crippen molar-refractivity contribution in [2.24, 2.45) is 0 Å². The van der Waals surface area contributed by atoms with Crippen LogP contribution in [0.1, 0.15) is 34.6 Å². The smallest absolute Gasteiger partial charge is 0.374 e. The topological polar surface area (TPSA) is 42.7 Å². The third-order valence-corrected chi connectivity index (χ3v) is 3.55. The Morgan fingerprint density at radius 2 is 2.00 bits per heavy atom. The first-order valence-corrected chi connectivity index (χ1v) is 6.63. The summed E-state index contributed by atoms with van der Waals surface area (Å²) in [4.78, 5) is 13.6. The van der Waals surface area contributed by atoms with E-state index in [9.17, 15) is 9.18 Å². The summed E-state index contributed by atoms with van der Waals surface area (Å²) < 4.78 is 22.8. The van der Waals surface area contributed by atoms with Gasteiger partial charge in [-0.05, 0) is 37.7 Å². The average Bonchev–Trinajstić information content (AvgIpc) is 2.94. The number of furan rings is 1. The molecule has 0 aliphatic carbocycles. The van der Waals surface area contributed by atoms with Crippen LogP contribution in [0.5, 0.6) is 0 Å². The minimum atomic E-state index is -0.488. The Hall–Kier alpha value is -2.14. The lowest BCUT2D eigenvalue weighted by atomic mass is 10.1. The number of esters is 1. The number of hydrogen-bond acceptors (Lipinski definition) is 4. The highest BCUT2D eigenvalue weighted by atomic mass is 19.1. The molecule has 2 aromatic rings. The minimum absolute atomic E-state index is 0.0750. The van der Waals surface area contributed by atoms with Gasteiger partial charge in [-0.1, -0.05) is 12.1 Å². The van der Waals surface area contributed by atoms with E-state index in [-0.39, 0.29) is 17.6 Å². The van der Waals surface area contributed by atoms with Gasteiger partial charge in [0, 0.05) is 18.2 Å². The number of carbonyl (C=O) groups is 1. The molecular formula is C16H18FNO3. The monoisotopic (exact) mass is 291 g/mol. The molecule has 0 N–H and O–H groups in total. The Morgan fingerprint density at radius 1 is 1.33 bits per heavy atom. The summed E-state index contributed by atoms with van der Waals surface area (Å²) in [7, 11) is 3.25. The highest BCUT2D eigenvalue weighted by molar-refractivity contribution is 5.87. The summed E-state index contributed by atoms with van der Waals surface area (Å²) in [5, 5.41) is 0. The molecule has 0 saturated carbocycles. The van der Waals surface area contributed by atoms with E-state index < -0.39 is 5.97 Å². The number of halogens is 1. The molecule has 0 aliphatic rings. The molecule has 0 radical (unpaired) electrons. The number of hydrogen-bond donors (Lipinski definition) is 0. The summed E-state index contributed by atoms with van der Waals surface area (Å²) >= 11 is 0.